The van der Waals surface area contributed by atoms with Crippen molar-refractivity contribution >= 4 is 28.9 Å². The number of nitro benzene ring substituents is 1. The number of nitro groups is 1. The molecule has 0 radical (unpaired) electrons. The van der Waals surface area contributed by atoms with E-state index in [1.54, 1.807) is 0 Å². The molecule has 0 heterocycles. The van der Waals surface area contributed by atoms with Gasteiger partial charge in [-0.2, -0.15) is 13.2 Å². The molecule has 2 aromatic carbocycles. The molecule has 0 aliphatic rings. The highest BCUT2D eigenvalue weighted by atomic mass is 19.4. The van der Waals surface area contributed by atoms with Gasteiger partial charge in [-0.1, -0.05) is 0 Å². The Morgan fingerprint density at radius 2 is 1.65 bits per heavy atom. The molecule has 0 unspecified atom stereocenters. The minimum Gasteiger partial charge on any atom is -0.326 e. The van der Waals surface area contributed by atoms with Gasteiger partial charge in [-0.3, -0.25) is 19.7 Å². The summed E-state index contributed by atoms with van der Waals surface area (Å²) in [6.07, 6.45) is -4.77. The Labute approximate surface area is 145 Å². The van der Waals surface area contributed by atoms with Crippen LogP contribution in [-0.4, -0.2) is 16.7 Å². The lowest BCUT2D eigenvalue weighted by molar-refractivity contribution is -0.384. The molecule has 2 rings (SSSR count). The van der Waals surface area contributed by atoms with Crippen LogP contribution in [-0.2, 0) is 11.0 Å². The first-order chi connectivity index (χ1) is 12.1. The van der Waals surface area contributed by atoms with Gasteiger partial charge >= 0.3 is 6.18 Å². The lowest BCUT2D eigenvalue weighted by Gasteiger charge is -2.15. The van der Waals surface area contributed by atoms with Gasteiger partial charge in [-0.25, -0.2) is 0 Å². The monoisotopic (exact) mass is 367 g/mol. The van der Waals surface area contributed by atoms with Gasteiger partial charge in [0.25, 0.3) is 11.6 Å². The van der Waals surface area contributed by atoms with Crippen LogP contribution in [0.3, 0.4) is 0 Å². The Balaban J connectivity index is 2.31. The number of nitrogens with one attached hydrogen (secondary N) is 2. The van der Waals surface area contributed by atoms with Crippen LogP contribution < -0.4 is 10.6 Å². The van der Waals surface area contributed by atoms with Gasteiger partial charge in [0.15, 0.2) is 0 Å². The fraction of sp³-hybridized carbons (Fsp3) is 0.125. The van der Waals surface area contributed by atoms with E-state index in [4.69, 9.17) is 0 Å². The lowest BCUT2D eigenvalue weighted by Crippen LogP contribution is -2.17. The maximum atomic E-state index is 13.2. The molecule has 136 valence electrons. The topological polar surface area (TPSA) is 101 Å². The molecular weight excluding hydrogens is 355 g/mol. The van der Waals surface area contributed by atoms with E-state index in [0.717, 1.165) is 37.3 Å². The molecule has 2 N–H and O–H groups in total. The smallest absolute Gasteiger partial charge is 0.326 e. The van der Waals surface area contributed by atoms with Crippen LogP contribution in [0.15, 0.2) is 42.5 Å². The van der Waals surface area contributed by atoms with Crippen LogP contribution in [0.2, 0.25) is 0 Å². The fourth-order valence-electron chi connectivity index (χ4n) is 2.10. The molecule has 0 atom stereocenters. The standard InChI is InChI=1S/C16H12F3N3O4/c1-9(23)20-11-4-7-14(13(8-11)16(17,18)19)21-15(24)10-2-5-12(6-3-10)22(25)26/h2-8H,1H3,(H,20,23)(H,21,24). The number of non-ortho nitro benzene ring substituents is 1. The van der Waals surface area contributed by atoms with Crippen LogP contribution in [0.1, 0.15) is 22.8 Å². The SMILES string of the molecule is CC(=O)Nc1ccc(NC(=O)c2ccc([N+](=O)[O-])cc2)c(C(F)(F)F)c1. The summed E-state index contributed by atoms with van der Waals surface area (Å²) in [5.74, 6) is -1.40. The van der Waals surface area contributed by atoms with Crippen molar-refractivity contribution in [2.45, 2.75) is 13.1 Å². The van der Waals surface area contributed by atoms with Crippen LogP contribution in [0, 0.1) is 10.1 Å². The first kappa shape index (κ1) is 18.9. The van der Waals surface area contributed by atoms with Crippen molar-refractivity contribution in [1.29, 1.82) is 0 Å². The lowest BCUT2D eigenvalue weighted by atomic mass is 10.1. The summed E-state index contributed by atoms with van der Waals surface area (Å²) in [7, 11) is 0. The molecule has 7 nitrogen and oxygen atoms in total. The molecule has 10 heteroatoms. The van der Waals surface area contributed by atoms with E-state index >= 15 is 0 Å². The molecule has 0 aliphatic carbocycles. The zero-order chi connectivity index (χ0) is 19.5. The van der Waals surface area contributed by atoms with Gasteiger partial charge in [-0.15, -0.1) is 0 Å². The first-order valence-electron chi connectivity index (χ1n) is 7.12. The molecule has 0 saturated heterocycles. The molecule has 26 heavy (non-hydrogen) atoms. The maximum absolute atomic E-state index is 13.2. The largest absolute Gasteiger partial charge is 0.418 e. The van der Waals surface area contributed by atoms with Crippen LogP contribution >= 0.6 is 0 Å². The number of anilines is 2. The van der Waals surface area contributed by atoms with Crippen molar-refractivity contribution in [3.63, 3.8) is 0 Å². The van der Waals surface area contributed by atoms with Gasteiger partial charge in [0.05, 0.1) is 16.2 Å². The summed E-state index contributed by atoms with van der Waals surface area (Å²) in [6.45, 7) is 1.15. The highest BCUT2D eigenvalue weighted by Gasteiger charge is 2.34. The third-order valence-electron chi connectivity index (χ3n) is 3.23. The van der Waals surface area contributed by atoms with E-state index in [2.05, 4.69) is 10.6 Å². The first-order valence-corrected chi connectivity index (χ1v) is 7.12. The number of hydrogen-bond acceptors (Lipinski definition) is 4. The van der Waals surface area contributed by atoms with E-state index in [1.165, 1.54) is 6.07 Å². The van der Waals surface area contributed by atoms with Crippen molar-refractivity contribution in [2.75, 3.05) is 10.6 Å². The number of nitrogens with zero attached hydrogens (tertiary/aromatic N) is 1. The second kappa shape index (κ2) is 7.21. The van der Waals surface area contributed by atoms with E-state index in [0.29, 0.717) is 6.07 Å². The average Bonchev–Trinajstić information content (AvgIpc) is 2.54. The maximum Gasteiger partial charge on any atom is 0.418 e. The van der Waals surface area contributed by atoms with Gasteiger partial charge in [0, 0.05) is 30.3 Å². The number of benzene rings is 2. The summed E-state index contributed by atoms with van der Waals surface area (Å²) in [6, 6.07) is 7.32. The van der Waals surface area contributed by atoms with Crippen molar-refractivity contribution in [3.05, 3.63) is 63.7 Å². The summed E-state index contributed by atoms with van der Waals surface area (Å²) in [5, 5.41) is 14.9. The minimum absolute atomic E-state index is 0.0466. The molecule has 0 spiro atoms. The third kappa shape index (κ3) is 4.56. The van der Waals surface area contributed by atoms with Crippen molar-refractivity contribution in [2.24, 2.45) is 0 Å². The van der Waals surface area contributed by atoms with Crippen molar-refractivity contribution in [1.82, 2.24) is 0 Å². The predicted molar refractivity (Wildman–Crippen MR) is 86.8 cm³/mol. The number of rotatable bonds is 4. The molecule has 0 aliphatic heterocycles. The van der Waals surface area contributed by atoms with Crippen LogP contribution in [0.4, 0.5) is 30.2 Å². The number of amides is 2. The van der Waals surface area contributed by atoms with E-state index in [1.807, 2.05) is 0 Å². The van der Waals surface area contributed by atoms with Crippen LogP contribution in [0.5, 0.6) is 0 Å². The number of hydrogen-bond donors (Lipinski definition) is 2. The van der Waals surface area contributed by atoms with Gasteiger partial charge < -0.3 is 10.6 Å². The Morgan fingerprint density at radius 3 is 2.15 bits per heavy atom. The Hall–Kier alpha value is -3.43. The zero-order valence-electron chi connectivity index (χ0n) is 13.3. The molecule has 0 saturated carbocycles. The molecule has 0 fully saturated rings. The summed E-state index contributed by atoms with van der Waals surface area (Å²) in [4.78, 5) is 33.0. The second-order valence-electron chi connectivity index (χ2n) is 5.20. The average molecular weight is 367 g/mol. The number of carbonyl (C=O) groups excluding carboxylic acids is 2. The fourth-order valence-corrected chi connectivity index (χ4v) is 2.10. The van der Waals surface area contributed by atoms with Crippen molar-refractivity contribution < 1.29 is 27.7 Å². The Kier molecular flexibility index (Phi) is 5.24. The second-order valence-corrected chi connectivity index (χ2v) is 5.20. The molecule has 2 aromatic rings. The minimum atomic E-state index is -4.77. The van der Waals surface area contributed by atoms with E-state index < -0.39 is 34.2 Å². The Bertz CT molecular complexity index is 864. The normalized spacial score (nSPS) is 10.9. The summed E-state index contributed by atoms with van der Waals surface area (Å²) < 4.78 is 39.7. The van der Waals surface area contributed by atoms with E-state index in [-0.39, 0.29) is 16.9 Å². The molecule has 2 amide bonds. The molecule has 0 aromatic heterocycles. The highest BCUT2D eigenvalue weighted by Crippen LogP contribution is 2.36. The number of carbonyl (C=O) groups is 2. The van der Waals surface area contributed by atoms with Crippen molar-refractivity contribution in [3.8, 4) is 0 Å². The zero-order valence-corrected chi connectivity index (χ0v) is 13.3. The highest BCUT2D eigenvalue weighted by molar-refractivity contribution is 6.05. The summed E-state index contributed by atoms with van der Waals surface area (Å²) >= 11 is 0. The Morgan fingerprint density at radius 1 is 1.04 bits per heavy atom. The van der Waals surface area contributed by atoms with E-state index in [9.17, 15) is 32.9 Å². The van der Waals surface area contributed by atoms with Gasteiger partial charge in [0.2, 0.25) is 5.91 Å². The number of halogens is 3. The quantitative estimate of drug-likeness (QED) is 0.633. The predicted octanol–water partition coefficient (Wildman–Crippen LogP) is 3.82. The third-order valence-corrected chi connectivity index (χ3v) is 3.23. The van der Waals surface area contributed by atoms with Gasteiger partial charge in [-0.05, 0) is 30.3 Å². The van der Waals surface area contributed by atoms with Crippen LogP contribution in [0.25, 0.3) is 0 Å². The number of alkyl halides is 3. The summed E-state index contributed by atoms with van der Waals surface area (Å²) in [5.41, 5.74) is -2.01. The molecular formula is C16H12F3N3O4. The van der Waals surface area contributed by atoms with Gasteiger partial charge in [0.1, 0.15) is 0 Å². The molecule has 0 bridgehead atoms.